The number of hydrogen-bond donors (Lipinski definition) is 1. The van der Waals surface area contributed by atoms with E-state index in [1.54, 1.807) is 0 Å². The van der Waals surface area contributed by atoms with Gasteiger partial charge < -0.3 is 10.1 Å². The third kappa shape index (κ3) is 2.88. The molecule has 1 aromatic heterocycles. The van der Waals surface area contributed by atoms with Crippen molar-refractivity contribution in [3.8, 4) is 5.88 Å². The quantitative estimate of drug-likeness (QED) is 0.655. The van der Waals surface area contributed by atoms with Crippen molar-refractivity contribution >= 4 is 17.3 Å². The molecule has 18 heavy (non-hydrogen) atoms. The molecule has 98 valence electrons. The third-order valence-corrected chi connectivity index (χ3v) is 3.24. The lowest BCUT2D eigenvalue weighted by atomic mass is 9.82. The van der Waals surface area contributed by atoms with E-state index in [2.05, 4.69) is 10.3 Å². The molecule has 1 aliphatic carbocycles. The minimum atomic E-state index is -0.533. The summed E-state index contributed by atoms with van der Waals surface area (Å²) in [5, 5.41) is 13.8. The molecule has 1 heterocycles. The second kappa shape index (κ2) is 5.49. The lowest BCUT2D eigenvalue weighted by Crippen LogP contribution is -2.38. The van der Waals surface area contributed by atoms with E-state index in [9.17, 15) is 10.1 Å². The predicted molar refractivity (Wildman–Crippen MR) is 67.0 cm³/mol. The number of pyridine rings is 1. The summed E-state index contributed by atoms with van der Waals surface area (Å²) in [5.41, 5.74) is -0.131. The van der Waals surface area contributed by atoms with Gasteiger partial charge in [-0.05, 0) is 32.4 Å². The highest BCUT2D eigenvalue weighted by molar-refractivity contribution is 6.32. The Hall–Kier alpha value is -1.40. The number of rotatable bonds is 5. The summed E-state index contributed by atoms with van der Waals surface area (Å²) in [5.74, 6) is 0.895. The molecule has 2 rings (SSSR count). The fraction of sp³-hybridized carbons (Fsp3) is 0.545. The van der Waals surface area contributed by atoms with Crippen molar-refractivity contribution in [2.24, 2.45) is 5.92 Å². The molecule has 0 aromatic carbocycles. The normalized spacial score (nSPS) is 22.3. The molecule has 0 amide bonds. The average molecular weight is 272 g/mol. The van der Waals surface area contributed by atoms with Gasteiger partial charge in [-0.25, -0.2) is 4.98 Å². The molecule has 1 aliphatic rings. The van der Waals surface area contributed by atoms with E-state index < -0.39 is 4.92 Å². The van der Waals surface area contributed by atoms with Gasteiger partial charge in [-0.3, -0.25) is 10.1 Å². The van der Waals surface area contributed by atoms with E-state index in [-0.39, 0.29) is 22.7 Å². The number of nitrogens with one attached hydrogen (secondary N) is 1. The molecule has 0 radical (unpaired) electrons. The summed E-state index contributed by atoms with van der Waals surface area (Å²) in [6.45, 7) is 0.973. The lowest BCUT2D eigenvalue weighted by molar-refractivity contribution is -0.385. The second-order valence-electron chi connectivity index (χ2n) is 4.37. The summed E-state index contributed by atoms with van der Waals surface area (Å²) in [7, 11) is 1.92. The monoisotopic (exact) mass is 271 g/mol. The number of halogens is 1. The van der Waals surface area contributed by atoms with Crippen LogP contribution in [0, 0.1) is 16.0 Å². The van der Waals surface area contributed by atoms with Crippen molar-refractivity contribution in [2.45, 2.75) is 18.9 Å². The standard InChI is InChI=1S/C11H14ClN3O3/c1-13-5-7-2-9(3-7)18-11-10(12)4-8(6-14-11)15(16)17/h4,6-7,9,13H,2-3,5H2,1H3. The van der Waals surface area contributed by atoms with Crippen LogP contribution < -0.4 is 10.1 Å². The lowest BCUT2D eigenvalue weighted by Gasteiger charge is -2.34. The van der Waals surface area contributed by atoms with Gasteiger partial charge in [-0.15, -0.1) is 0 Å². The Balaban J connectivity index is 1.93. The molecule has 1 saturated carbocycles. The van der Waals surface area contributed by atoms with Gasteiger partial charge in [0.2, 0.25) is 5.88 Å². The van der Waals surface area contributed by atoms with Crippen molar-refractivity contribution in [1.82, 2.24) is 10.3 Å². The number of nitro groups is 1. The molecule has 0 atom stereocenters. The first-order chi connectivity index (χ1) is 8.60. The largest absolute Gasteiger partial charge is 0.473 e. The summed E-state index contributed by atoms with van der Waals surface area (Å²) < 4.78 is 5.60. The highest BCUT2D eigenvalue weighted by Gasteiger charge is 2.31. The van der Waals surface area contributed by atoms with E-state index in [1.165, 1.54) is 6.07 Å². The Labute approximate surface area is 109 Å². The first-order valence-corrected chi connectivity index (χ1v) is 6.09. The van der Waals surface area contributed by atoms with Crippen LogP contribution in [0.2, 0.25) is 5.02 Å². The van der Waals surface area contributed by atoms with Crippen LogP contribution in [0.25, 0.3) is 0 Å². The summed E-state index contributed by atoms with van der Waals surface area (Å²) in [4.78, 5) is 13.9. The third-order valence-electron chi connectivity index (χ3n) is 2.97. The van der Waals surface area contributed by atoms with E-state index in [4.69, 9.17) is 16.3 Å². The minimum absolute atomic E-state index is 0.106. The van der Waals surface area contributed by atoms with Crippen LogP contribution in [-0.2, 0) is 0 Å². The average Bonchev–Trinajstić information content (AvgIpc) is 2.28. The summed E-state index contributed by atoms with van der Waals surface area (Å²) in [6, 6.07) is 1.26. The Morgan fingerprint density at radius 1 is 1.67 bits per heavy atom. The van der Waals surface area contributed by atoms with Crippen LogP contribution in [0.1, 0.15) is 12.8 Å². The Morgan fingerprint density at radius 2 is 2.39 bits per heavy atom. The molecule has 0 saturated heterocycles. The van der Waals surface area contributed by atoms with Crippen LogP contribution in [0.5, 0.6) is 5.88 Å². The number of nitrogens with zero attached hydrogens (tertiary/aromatic N) is 2. The molecule has 6 nitrogen and oxygen atoms in total. The zero-order valence-electron chi connectivity index (χ0n) is 9.93. The maximum absolute atomic E-state index is 10.5. The summed E-state index contributed by atoms with van der Waals surface area (Å²) in [6.07, 6.45) is 3.17. The molecular weight excluding hydrogens is 258 g/mol. The first-order valence-electron chi connectivity index (χ1n) is 5.71. The fourth-order valence-electron chi connectivity index (χ4n) is 1.99. The van der Waals surface area contributed by atoms with Gasteiger partial charge in [0.25, 0.3) is 5.69 Å². The van der Waals surface area contributed by atoms with Gasteiger partial charge in [-0.1, -0.05) is 11.6 Å². The van der Waals surface area contributed by atoms with E-state index >= 15 is 0 Å². The van der Waals surface area contributed by atoms with Crippen LogP contribution in [-0.4, -0.2) is 29.6 Å². The Kier molecular flexibility index (Phi) is 3.98. The maximum Gasteiger partial charge on any atom is 0.289 e. The van der Waals surface area contributed by atoms with Gasteiger partial charge in [0.15, 0.2) is 0 Å². The van der Waals surface area contributed by atoms with E-state index in [0.29, 0.717) is 5.92 Å². The van der Waals surface area contributed by atoms with E-state index in [0.717, 1.165) is 25.6 Å². The number of aromatic nitrogens is 1. The van der Waals surface area contributed by atoms with Gasteiger partial charge in [0, 0.05) is 6.07 Å². The van der Waals surface area contributed by atoms with Crippen LogP contribution in [0.4, 0.5) is 5.69 Å². The zero-order valence-corrected chi connectivity index (χ0v) is 10.7. The molecule has 7 heteroatoms. The first kappa shape index (κ1) is 13.0. The zero-order chi connectivity index (χ0) is 13.1. The highest BCUT2D eigenvalue weighted by Crippen LogP contribution is 2.33. The number of hydrogen-bond acceptors (Lipinski definition) is 5. The highest BCUT2D eigenvalue weighted by atomic mass is 35.5. The molecule has 0 spiro atoms. The van der Waals surface area contributed by atoms with Crippen molar-refractivity contribution in [3.63, 3.8) is 0 Å². The van der Waals surface area contributed by atoms with Crippen LogP contribution in [0.15, 0.2) is 12.3 Å². The molecule has 1 aromatic rings. The fourth-order valence-corrected chi connectivity index (χ4v) is 2.19. The van der Waals surface area contributed by atoms with Gasteiger partial charge in [0.05, 0.1) is 4.92 Å². The minimum Gasteiger partial charge on any atom is -0.473 e. The SMILES string of the molecule is CNCC1CC(Oc2ncc([N+](=O)[O-])cc2Cl)C1. The van der Waals surface area contributed by atoms with Gasteiger partial charge in [0.1, 0.15) is 17.3 Å². The predicted octanol–water partition coefficient (Wildman–Crippen LogP) is 2.02. The Bertz CT molecular complexity index is 449. The van der Waals surface area contributed by atoms with Gasteiger partial charge in [-0.2, -0.15) is 0 Å². The van der Waals surface area contributed by atoms with Crippen molar-refractivity contribution in [3.05, 3.63) is 27.4 Å². The summed E-state index contributed by atoms with van der Waals surface area (Å²) >= 11 is 5.89. The molecule has 0 unspecified atom stereocenters. The van der Waals surface area contributed by atoms with Gasteiger partial charge >= 0.3 is 0 Å². The molecule has 1 fully saturated rings. The van der Waals surface area contributed by atoms with Crippen molar-refractivity contribution < 1.29 is 9.66 Å². The molecule has 1 N–H and O–H groups in total. The van der Waals surface area contributed by atoms with Crippen LogP contribution >= 0.6 is 11.6 Å². The number of ether oxygens (including phenoxy) is 1. The van der Waals surface area contributed by atoms with Crippen molar-refractivity contribution in [2.75, 3.05) is 13.6 Å². The molecule has 0 bridgehead atoms. The van der Waals surface area contributed by atoms with E-state index in [1.807, 2.05) is 7.05 Å². The second-order valence-corrected chi connectivity index (χ2v) is 4.78. The smallest absolute Gasteiger partial charge is 0.289 e. The van der Waals surface area contributed by atoms with Crippen molar-refractivity contribution in [1.29, 1.82) is 0 Å². The Morgan fingerprint density at radius 3 is 2.94 bits per heavy atom. The molecular formula is C11H14ClN3O3. The topological polar surface area (TPSA) is 77.3 Å². The van der Waals surface area contributed by atoms with Crippen LogP contribution in [0.3, 0.4) is 0 Å². The molecule has 0 aliphatic heterocycles. The maximum atomic E-state index is 10.5.